The predicted octanol–water partition coefficient (Wildman–Crippen LogP) is 3.16. The van der Waals surface area contributed by atoms with Gasteiger partial charge in [-0.2, -0.15) is 0 Å². The lowest BCUT2D eigenvalue weighted by molar-refractivity contribution is -0.148. The summed E-state index contributed by atoms with van der Waals surface area (Å²) in [6.45, 7) is 6.07. The van der Waals surface area contributed by atoms with Crippen molar-refractivity contribution in [1.82, 2.24) is 0 Å². The van der Waals surface area contributed by atoms with Crippen LogP contribution in [0.1, 0.15) is 71.6 Å². The molecule has 0 aliphatic carbocycles. The van der Waals surface area contributed by atoms with Gasteiger partial charge in [0.2, 0.25) is 0 Å². The number of hydrogen-bond acceptors (Lipinski definition) is 8. The first-order valence-electron chi connectivity index (χ1n) is 10.7. The molecule has 168 valence electrons. The fourth-order valence-corrected chi connectivity index (χ4v) is 2.32. The molecule has 1 aliphatic heterocycles. The summed E-state index contributed by atoms with van der Waals surface area (Å²) in [5.41, 5.74) is 0. The first-order valence-corrected chi connectivity index (χ1v) is 10.7. The molecule has 0 aromatic carbocycles. The Balaban J connectivity index is 1.83. The zero-order valence-corrected chi connectivity index (χ0v) is 17.8. The second-order valence-corrected chi connectivity index (χ2v) is 7.17. The molecular weight excluding hydrogens is 380 g/mol. The van der Waals surface area contributed by atoms with E-state index in [-0.39, 0.29) is 43.1 Å². The van der Waals surface area contributed by atoms with E-state index < -0.39 is 0 Å². The molecule has 2 atom stereocenters. The summed E-state index contributed by atoms with van der Waals surface area (Å²) in [6.07, 6.45) is 5.58. The van der Waals surface area contributed by atoms with Gasteiger partial charge in [0.1, 0.15) is 6.61 Å². The molecule has 1 fully saturated rings. The van der Waals surface area contributed by atoms with Crippen LogP contribution in [0.4, 0.5) is 0 Å². The van der Waals surface area contributed by atoms with Crippen molar-refractivity contribution >= 4 is 17.9 Å². The van der Waals surface area contributed by atoms with Crippen LogP contribution in [0.5, 0.6) is 0 Å². The van der Waals surface area contributed by atoms with E-state index in [4.69, 9.17) is 23.7 Å². The summed E-state index contributed by atoms with van der Waals surface area (Å²) in [5, 5.41) is 0. The van der Waals surface area contributed by atoms with Gasteiger partial charge in [-0.1, -0.05) is 13.8 Å². The van der Waals surface area contributed by atoms with E-state index in [9.17, 15) is 14.4 Å². The van der Waals surface area contributed by atoms with Gasteiger partial charge in [-0.25, -0.2) is 0 Å². The van der Waals surface area contributed by atoms with Crippen LogP contribution in [0.15, 0.2) is 0 Å². The van der Waals surface area contributed by atoms with E-state index in [0.29, 0.717) is 45.7 Å². The van der Waals surface area contributed by atoms with Crippen molar-refractivity contribution in [1.29, 1.82) is 0 Å². The highest BCUT2D eigenvalue weighted by Gasteiger charge is 2.22. The number of carbonyl (C=O) groups is 3. The summed E-state index contributed by atoms with van der Waals surface area (Å²) >= 11 is 0. The van der Waals surface area contributed by atoms with Gasteiger partial charge in [0.25, 0.3) is 0 Å². The van der Waals surface area contributed by atoms with E-state index in [0.717, 1.165) is 32.1 Å². The minimum Gasteiger partial charge on any atom is -0.466 e. The molecule has 1 rings (SSSR count). The molecule has 0 N–H and O–H groups in total. The summed E-state index contributed by atoms with van der Waals surface area (Å²) in [6, 6.07) is 0. The lowest BCUT2D eigenvalue weighted by atomic mass is 10.1. The number of hydrogen-bond donors (Lipinski definition) is 0. The highest BCUT2D eigenvalue weighted by Crippen LogP contribution is 2.10. The zero-order valence-electron chi connectivity index (χ0n) is 17.8. The maximum atomic E-state index is 11.6. The van der Waals surface area contributed by atoms with Crippen molar-refractivity contribution in [3.8, 4) is 0 Å². The van der Waals surface area contributed by atoms with Crippen LogP contribution >= 0.6 is 0 Å². The Hall–Kier alpha value is -1.67. The van der Waals surface area contributed by atoms with Crippen LogP contribution in [0.3, 0.4) is 0 Å². The second kappa shape index (κ2) is 16.2. The third kappa shape index (κ3) is 14.9. The lowest BCUT2D eigenvalue weighted by Crippen LogP contribution is -2.14. The van der Waals surface area contributed by atoms with Gasteiger partial charge in [-0.15, -0.1) is 0 Å². The Morgan fingerprint density at radius 3 is 2.03 bits per heavy atom. The van der Waals surface area contributed by atoms with Crippen LogP contribution in [-0.2, 0) is 38.1 Å². The smallest absolute Gasteiger partial charge is 0.308 e. The average Bonchev–Trinajstić information content (AvgIpc) is 3.54. The fourth-order valence-electron chi connectivity index (χ4n) is 2.32. The number of carbonyl (C=O) groups excluding carboxylic acids is 3. The predicted molar refractivity (Wildman–Crippen MR) is 105 cm³/mol. The van der Waals surface area contributed by atoms with Crippen molar-refractivity contribution in [2.45, 2.75) is 77.9 Å². The summed E-state index contributed by atoms with van der Waals surface area (Å²) in [4.78, 5) is 34.7. The van der Waals surface area contributed by atoms with Crippen molar-refractivity contribution in [2.24, 2.45) is 5.92 Å². The molecule has 1 aliphatic rings. The molecule has 8 heteroatoms. The third-order valence-corrected chi connectivity index (χ3v) is 4.48. The standard InChI is InChI=1S/C21H36O8/c1-3-17(2)21(24)28-14-6-4-5-10-18(22)26-15-9-11-19(23)25-12-7-8-13-27-20-16-29-20/h17,20H,3-16H2,1-2H3. The SMILES string of the molecule is CCC(C)C(=O)OCCCCCC(=O)OCCCC(=O)OCCCCOC1CO1. The van der Waals surface area contributed by atoms with E-state index in [1.807, 2.05) is 13.8 Å². The van der Waals surface area contributed by atoms with E-state index in [2.05, 4.69) is 0 Å². The second-order valence-electron chi connectivity index (χ2n) is 7.17. The molecule has 0 saturated carbocycles. The Bertz CT molecular complexity index is 475. The molecule has 8 nitrogen and oxygen atoms in total. The van der Waals surface area contributed by atoms with Gasteiger partial charge in [0.15, 0.2) is 6.29 Å². The number of unbranched alkanes of at least 4 members (excludes halogenated alkanes) is 3. The fraction of sp³-hybridized carbons (Fsp3) is 0.857. The molecule has 0 aromatic heterocycles. The number of rotatable bonds is 18. The largest absolute Gasteiger partial charge is 0.466 e. The number of ether oxygens (including phenoxy) is 5. The Kier molecular flexibility index (Phi) is 14.1. The zero-order chi connectivity index (χ0) is 21.3. The van der Waals surface area contributed by atoms with Gasteiger partial charge >= 0.3 is 17.9 Å². The highest BCUT2D eigenvalue weighted by atomic mass is 16.8. The van der Waals surface area contributed by atoms with E-state index in [1.54, 1.807) is 0 Å². The third-order valence-electron chi connectivity index (χ3n) is 4.48. The molecule has 0 amide bonds. The van der Waals surface area contributed by atoms with E-state index >= 15 is 0 Å². The Morgan fingerprint density at radius 2 is 1.38 bits per heavy atom. The summed E-state index contributed by atoms with van der Waals surface area (Å²) < 4.78 is 25.6. The molecule has 0 radical (unpaired) electrons. The van der Waals surface area contributed by atoms with Gasteiger partial charge < -0.3 is 23.7 Å². The topological polar surface area (TPSA) is 101 Å². The highest BCUT2D eigenvalue weighted by molar-refractivity contribution is 5.72. The molecular formula is C21H36O8. The maximum absolute atomic E-state index is 11.6. The molecule has 1 saturated heterocycles. The van der Waals surface area contributed by atoms with E-state index in [1.165, 1.54) is 0 Å². The van der Waals surface area contributed by atoms with Crippen LogP contribution in [-0.4, -0.2) is 57.2 Å². The Morgan fingerprint density at radius 1 is 0.828 bits per heavy atom. The number of epoxide rings is 1. The normalized spacial score (nSPS) is 16.1. The Labute approximate surface area is 173 Å². The van der Waals surface area contributed by atoms with Crippen LogP contribution in [0.2, 0.25) is 0 Å². The first-order chi connectivity index (χ1) is 14.0. The van der Waals surface area contributed by atoms with Gasteiger partial charge in [0, 0.05) is 19.4 Å². The minimum atomic E-state index is -0.278. The molecule has 0 spiro atoms. The van der Waals surface area contributed by atoms with Gasteiger partial charge in [-0.3, -0.25) is 14.4 Å². The molecule has 0 aromatic rings. The quantitative estimate of drug-likeness (QED) is 0.145. The molecule has 1 heterocycles. The maximum Gasteiger partial charge on any atom is 0.308 e. The van der Waals surface area contributed by atoms with Crippen molar-refractivity contribution in [2.75, 3.05) is 33.0 Å². The van der Waals surface area contributed by atoms with Gasteiger partial charge in [-0.05, 0) is 44.9 Å². The van der Waals surface area contributed by atoms with Crippen molar-refractivity contribution < 1.29 is 38.1 Å². The minimum absolute atomic E-state index is 0.0283. The first kappa shape index (κ1) is 25.4. The summed E-state index contributed by atoms with van der Waals surface area (Å²) in [7, 11) is 0. The molecule has 2 unspecified atom stereocenters. The van der Waals surface area contributed by atoms with Crippen molar-refractivity contribution in [3.05, 3.63) is 0 Å². The van der Waals surface area contributed by atoms with Crippen LogP contribution in [0.25, 0.3) is 0 Å². The lowest BCUT2D eigenvalue weighted by Gasteiger charge is -2.09. The van der Waals surface area contributed by atoms with Crippen molar-refractivity contribution in [3.63, 3.8) is 0 Å². The van der Waals surface area contributed by atoms with Crippen LogP contribution in [0, 0.1) is 5.92 Å². The number of esters is 3. The monoisotopic (exact) mass is 416 g/mol. The van der Waals surface area contributed by atoms with Gasteiger partial charge in [0.05, 0.1) is 25.7 Å². The summed E-state index contributed by atoms with van der Waals surface area (Å²) in [5.74, 6) is -0.776. The average molecular weight is 417 g/mol. The van der Waals surface area contributed by atoms with Crippen LogP contribution < -0.4 is 0 Å². The molecule has 29 heavy (non-hydrogen) atoms. The molecule has 0 bridgehead atoms.